The molecule has 0 radical (unpaired) electrons. The largest absolute Gasteiger partial charge is 0.490 e. The van der Waals surface area contributed by atoms with Gasteiger partial charge in [0.15, 0.2) is 5.70 Å². The van der Waals surface area contributed by atoms with Crippen LogP contribution in [-0.2, 0) is 11.2 Å². The first-order chi connectivity index (χ1) is 10.0. The Bertz CT molecular complexity index is 567. The molecule has 7 nitrogen and oxygen atoms in total. The fraction of sp³-hybridized carbons (Fsp3) is 0.357. The van der Waals surface area contributed by atoms with E-state index in [0.717, 1.165) is 30.6 Å². The summed E-state index contributed by atoms with van der Waals surface area (Å²) in [4.78, 5) is 10.9. The Morgan fingerprint density at radius 3 is 2.71 bits per heavy atom. The van der Waals surface area contributed by atoms with Crippen molar-refractivity contribution in [1.29, 1.82) is 0 Å². The summed E-state index contributed by atoms with van der Waals surface area (Å²) in [7, 11) is 0. The Morgan fingerprint density at radius 1 is 1.48 bits per heavy atom. The number of nitrogens with one attached hydrogen (secondary N) is 1. The Hall–Kier alpha value is -2.41. The van der Waals surface area contributed by atoms with Crippen molar-refractivity contribution in [1.82, 2.24) is 5.43 Å². The van der Waals surface area contributed by atoms with Gasteiger partial charge in [0.2, 0.25) is 5.88 Å². The van der Waals surface area contributed by atoms with Gasteiger partial charge in [0.1, 0.15) is 11.5 Å². The van der Waals surface area contributed by atoms with E-state index in [-0.39, 0.29) is 12.0 Å². The molecule has 1 aromatic rings. The quantitative estimate of drug-likeness (QED) is 0.254. The maximum Gasteiger partial charge on any atom is 0.358 e. The van der Waals surface area contributed by atoms with Gasteiger partial charge in [-0.1, -0.05) is 13.0 Å². The molecule has 21 heavy (non-hydrogen) atoms. The van der Waals surface area contributed by atoms with Gasteiger partial charge in [-0.15, -0.1) is 0 Å². The number of aryl methyl sites for hydroxylation is 1. The summed E-state index contributed by atoms with van der Waals surface area (Å²) in [6.45, 7) is 2.03. The van der Waals surface area contributed by atoms with E-state index in [2.05, 4.69) is 0 Å². The van der Waals surface area contributed by atoms with Gasteiger partial charge < -0.3 is 25.7 Å². The zero-order chi connectivity index (χ0) is 15.4. The van der Waals surface area contributed by atoms with Gasteiger partial charge in [-0.25, -0.2) is 4.79 Å². The number of aliphatic carboxylic acids is 1. The first-order valence-electron chi connectivity index (χ1n) is 6.72. The molecular weight excluding hydrogens is 274 g/mol. The van der Waals surface area contributed by atoms with Crippen LogP contribution in [0.1, 0.15) is 25.3 Å². The molecule has 2 rings (SSSR count). The average molecular weight is 293 g/mol. The molecule has 0 aliphatic heterocycles. The highest BCUT2D eigenvalue weighted by atomic mass is 16.5. The van der Waals surface area contributed by atoms with E-state index in [9.17, 15) is 4.79 Å². The molecule has 0 saturated heterocycles. The monoisotopic (exact) mass is 293 g/mol. The lowest BCUT2D eigenvalue weighted by molar-refractivity contribution is -0.133. The Morgan fingerprint density at radius 2 is 2.19 bits per heavy atom. The van der Waals surface area contributed by atoms with Gasteiger partial charge in [-0.2, -0.15) is 0 Å². The Balaban J connectivity index is 2.21. The maximum absolute atomic E-state index is 10.9. The minimum atomic E-state index is -1.30. The van der Waals surface area contributed by atoms with Crippen LogP contribution in [0.3, 0.4) is 0 Å². The van der Waals surface area contributed by atoms with Crippen LogP contribution < -0.4 is 26.5 Å². The molecule has 0 spiro atoms. The van der Waals surface area contributed by atoms with Crippen molar-refractivity contribution in [3.63, 3.8) is 0 Å². The van der Waals surface area contributed by atoms with Crippen LogP contribution in [0.2, 0.25) is 0 Å². The Kier molecular flexibility index (Phi) is 4.54. The molecular formula is C14H19N3O4. The third-order valence-electron chi connectivity index (χ3n) is 3.07. The number of carboxylic acids is 1. The van der Waals surface area contributed by atoms with Gasteiger partial charge in [0.05, 0.1) is 6.10 Å². The lowest BCUT2D eigenvalue weighted by atomic mass is 10.1. The normalized spacial score (nSPS) is 15.1. The second-order valence-electron chi connectivity index (χ2n) is 4.73. The molecule has 1 aliphatic rings. The number of hydrazine groups is 1. The minimum absolute atomic E-state index is 0.263. The molecule has 0 atom stereocenters. The summed E-state index contributed by atoms with van der Waals surface area (Å²) in [5, 5.41) is 8.90. The zero-order valence-corrected chi connectivity index (χ0v) is 11.8. The molecule has 1 fully saturated rings. The predicted octanol–water partition coefficient (Wildman–Crippen LogP) is 0.845. The van der Waals surface area contributed by atoms with Gasteiger partial charge in [-0.3, -0.25) is 5.84 Å². The highest BCUT2D eigenvalue weighted by Crippen LogP contribution is 2.32. The van der Waals surface area contributed by atoms with Crippen molar-refractivity contribution in [2.24, 2.45) is 11.6 Å². The molecule has 7 heteroatoms. The number of ether oxygens (including phenoxy) is 2. The van der Waals surface area contributed by atoms with E-state index < -0.39 is 11.7 Å². The molecule has 6 N–H and O–H groups in total. The number of benzene rings is 1. The van der Waals surface area contributed by atoms with Crippen molar-refractivity contribution in [2.75, 3.05) is 0 Å². The fourth-order valence-corrected chi connectivity index (χ4v) is 1.78. The maximum atomic E-state index is 10.9. The summed E-state index contributed by atoms with van der Waals surface area (Å²) in [6, 6.07) is 5.29. The molecule has 0 aromatic heterocycles. The number of nitrogens with two attached hydrogens (primary N) is 2. The molecule has 0 unspecified atom stereocenters. The van der Waals surface area contributed by atoms with Crippen molar-refractivity contribution in [2.45, 2.75) is 32.3 Å². The van der Waals surface area contributed by atoms with Gasteiger partial charge >= 0.3 is 5.97 Å². The topological polar surface area (TPSA) is 120 Å². The first-order valence-corrected chi connectivity index (χ1v) is 6.72. The van der Waals surface area contributed by atoms with E-state index in [4.69, 9.17) is 26.2 Å². The number of hydrogen-bond donors (Lipinski definition) is 4. The van der Waals surface area contributed by atoms with E-state index in [1.54, 1.807) is 12.1 Å². The number of rotatable bonds is 7. The Labute approximate surface area is 122 Å². The van der Waals surface area contributed by atoms with Crippen LogP contribution in [0.5, 0.6) is 11.5 Å². The number of hydrogen-bond acceptors (Lipinski definition) is 6. The van der Waals surface area contributed by atoms with Crippen LogP contribution >= 0.6 is 0 Å². The second kappa shape index (κ2) is 6.36. The molecule has 0 bridgehead atoms. The highest BCUT2D eigenvalue weighted by molar-refractivity contribution is 5.86. The minimum Gasteiger partial charge on any atom is -0.490 e. The van der Waals surface area contributed by atoms with Crippen molar-refractivity contribution in [3.8, 4) is 11.5 Å². The van der Waals surface area contributed by atoms with Crippen LogP contribution in [0.4, 0.5) is 0 Å². The summed E-state index contributed by atoms with van der Waals surface area (Å²) in [5.41, 5.74) is 8.25. The highest BCUT2D eigenvalue weighted by Gasteiger charge is 2.24. The average Bonchev–Trinajstić information content (AvgIpc) is 3.23. The smallest absolute Gasteiger partial charge is 0.358 e. The van der Waals surface area contributed by atoms with Crippen LogP contribution in [0.25, 0.3) is 0 Å². The summed E-state index contributed by atoms with van der Waals surface area (Å²) >= 11 is 0. The number of carboxylic acid groups (broad SMARTS) is 1. The van der Waals surface area contributed by atoms with Gasteiger partial charge in [-0.05, 0) is 30.9 Å². The molecule has 114 valence electrons. The van der Waals surface area contributed by atoms with Crippen LogP contribution in [0, 0.1) is 0 Å². The van der Waals surface area contributed by atoms with Crippen LogP contribution in [0.15, 0.2) is 29.8 Å². The SMILES string of the molecule is CCc1ccc(O/C(N)=C(/NN)C(=O)O)cc1OC1CC1. The standard InChI is InChI=1S/C14H19N3O4/c1-2-8-3-4-10(7-11(8)20-9-5-6-9)21-13(15)12(17-16)14(18)19/h3-4,7,9,17H,2,5-6,15-16H2,1H3,(H,18,19)/b13-12+. The van der Waals surface area contributed by atoms with Crippen molar-refractivity contribution >= 4 is 5.97 Å². The first kappa shape index (κ1) is 15.0. The summed E-state index contributed by atoms with van der Waals surface area (Å²) in [5.74, 6) is 4.63. The molecule has 0 amide bonds. The zero-order valence-electron chi connectivity index (χ0n) is 11.8. The van der Waals surface area contributed by atoms with Gasteiger partial charge in [0, 0.05) is 6.07 Å². The van der Waals surface area contributed by atoms with E-state index in [1.807, 2.05) is 18.4 Å². The molecule has 1 saturated carbocycles. The van der Waals surface area contributed by atoms with Crippen molar-refractivity contribution in [3.05, 3.63) is 35.3 Å². The molecule has 1 aliphatic carbocycles. The van der Waals surface area contributed by atoms with E-state index >= 15 is 0 Å². The lowest BCUT2D eigenvalue weighted by Crippen LogP contribution is -2.31. The van der Waals surface area contributed by atoms with Crippen LogP contribution in [-0.4, -0.2) is 17.2 Å². The van der Waals surface area contributed by atoms with Crippen molar-refractivity contribution < 1.29 is 19.4 Å². The van der Waals surface area contributed by atoms with Gasteiger partial charge in [0.25, 0.3) is 0 Å². The third-order valence-corrected chi connectivity index (χ3v) is 3.07. The predicted molar refractivity (Wildman–Crippen MR) is 76.3 cm³/mol. The fourth-order valence-electron chi connectivity index (χ4n) is 1.78. The third kappa shape index (κ3) is 3.79. The lowest BCUT2D eigenvalue weighted by Gasteiger charge is -2.13. The van der Waals surface area contributed by atoms with E-state index in [0.29, 0.717) is 5.75 Å². The number of carbonyl (C=O) groups is 1. The second-order valence-corrected chi connectivity index (χ2v) is 4.73. The summed E-state index contributed by atoms with van der Waals surface area (Å²) < 4.78 is 11.1. The summed E-state index contributed by atoms with van der Waals surface area (Å²) in [6.07, 6.45) is 3.20. The molecule has 0 heterocycles. The van der Waals surface area contributed by atoms with E-state index in [1.165, 1.54) is 0 Å². The molecule has 1 aromatic carbocycles.